The molecule has 6 heteroatoms. The molecule has 22 heavy (non-hydrogen) atoms. The maximum absolute atomic E-state index is 11.7. The Balaban J connectivity index is 2.30. The number of nitro groups is 1. The largest absolute Gasteiger partial charge is 0.472 e. The molecule has 1 aliphatic carbocycles. The topological polar surface area (TPSA) is 78.7 Å². The first-order valence-corrected chi connectivity index (χ1v) is 7.66. The van der Waals surface area contributed by atoms with E-state index in [1.54, 1.807) is 19.1 Å². The summed E-state index contributed by atoms with van der Waals surface area (Å²) < 4.78 is 10.4. The van der Waals surface area contributed by atoms with E-state index in [-0.39, 0.29) is 18.0 Å². The fraction of sp³-hybridized carbons (Fsp3) is 0.562. The Morgan fingerprint density at radius 2 is 1.91 bits per heavy atom. The van der Waals surface area contributed by atoms with E-state index >= 15 is 0 Å². The van der Waals surface area contributed by atoms with Crippen molar-refractivity contribution in [1.82, 2.24) is 0 Å². The molecular formula is C16H21NO5. The molecule has 0 radical (unpaired) electrons. The number of hydrogen-bond donors (Lipinski definition) is 0. The minimum Gasteiger partial charge on any atom is -0.472 e. The van der Waals surface area contributed by atoms with Crippen molar-refractivity contribution in [2.24, 2.45) is 0 Å². The molecule has 120 valence electrons. The van der Waals surface area contributed by atoms with Crippen molar-refractivity contribution in [3.05, 3.63) is 33.4 Å². The van der Waals surface area contributed by atoms with Gasteiger partial charge >= 0.3 is 11.7 Å². The molecule has 1 aromatic carbocycles. The monoisotopic (exact) mass is 307 g/mol. The predicted octanol–water partition coefficient (Wildman–Crippen LogP) is 3.19. The van der Waals surface area contributed by atoms with E-state index in [9.17, 15) is 14.9 Å². The van der Waals surface area contributed by atoms with Crippen LogP contribution >= 0.6 is 0 Å². The molecule has 0 aromatic heterocycles. The van der Waals surface area contributed by atoms with Gasteiger partial charge in [0.1, 0.15) is 0 Å². The van der Waals surface area contributed by atoms with Gasteiger partial charge in [-0.1, -0.05) is 6.42 Å². The van der Waals surface area contributed by atoms with Crippen molar-refractivity contribution in [3.8, 4) is 5.75 Å². The number of aryl methyl sites for hydroxylation is 2. The molecule has 1 aliphatic rings. The van der Waals surface area contributed by atoms with Gasteiger partial charge in [0.15, 0.2) is 11.9 Å². The summed E-state index contributed by atoms with van der Waals surface area (Å²) in [5.74, 6) is -0.377. The van der Waals surface area contributed by atoms with Gasteiger partial charge in [-0.3, -0.25) is 10.1 Å². The molecule has 0 heterocycles. The van der Waals surface area contributed by atoms with Gasteiger partial charge in [0, 0.05) is 6.07 Å². The van der Waals surface area contributed by atoms with Crippen molar-refractivity contribution in [3.63, 3.8) is 0 Å². The minimum absolute atomic E-state index is 0.0863. The maximum atomic E-state index is 11.7. The lowest BCUT2D eigenvalue weighted by molar-refractivity contribution is -0.386. The molecule has 0 N–H and O–H groups in total. The first kappa shape index (κ1) is 16.3. The van der Waals surface area contributed by atoms with Crippen LogP contribution in [0.2, 0.25) is 0 Å². The summed E-state index contributed by atoms with van der Waals surface area (Å²) in [4.78, 5) is 22.5. The van der Waals surface area contributed by atoms with Crippen LogP contribution in [0.4, 0.5) is 5.69 Å². The quantitative estimate of drug-likeness (QED) is 0.361. The SMILES string of the molecule is CCOC(=O)[C@H](C)Oc1cc2c(cc1[N+](=O)[O-])CCCCC2. The Bertz CT molecular complexity index is 570. The minimum atomic E-state index is -0.873. The fourth-order valence-electron chi connectivity index (χ4n) is 2.66. The van der Waals surface area contributed by atoms with E-state index in [0.717, 1.165) is 43.2 Å². The third kappa shape index (κ3) is 3.75. The molecule has 2 rings (SSSR count). The molecule has 0 amide bonds. The highest BCUT2D eigenvalue weighted by Gasteiger charge is 2.24. The van der Waals surface area contributed by atoms with Crippen LogP contribution in [0, 0.1) is 10.1 Å². The Labute approximate surface area is 129 Å². The molecule has 0 unspecified atom stereocenters. The number of carbonyl (C=O) groups is 1. The number of rotatable bonds is 5. The first-order chi connectivity index (χ1) is 10.5. The molecule has 0 spiro atoms. The van der Waals surface area contributed by atoms with Crippen molar-refractivity contribution >= 4 is 11.7 Å². The van der Waals surface area contributed by atoms with Gasteiger partial charge in [0.05, 0.1) is 11.5 Å². The van der Waals surface area contributed by atoms with Gasteiger partial charge < -0.3 is 9.47 Å². The normalized spacial score (nSPS) is 15.4. The molecular weight excluding hydrogens is 286 g/mol. The third-order valence-corrected chi connectivity index (χ3v) is 3.79. The summed E-state index contributed by atoms with van der Waals surface area (Å²) >= 11 is 0. The summed E-state index contributed by atoms with van der Waals surface area (Å²) in [6.45, 7) is 3.49. The summed E-state index contributed by atoms with van der Waals surface area (Å²) in [6.07, 6.45) is 4.10. The lowest BCUT2D eigenvalue weighted by Crippen LogP contribution is -2.26. The second-order valence-electron chi connectivity index (χ2n) is 5.42. The number of nitro benzene ring substituents is 1. The molecule has 0 saturated heterocycles. The molecule has 6 nitrogen and oxygen atoms in total. The lowest BCUT2D eigenvalue weighted by Gasteiger charge is -2.15. The number of benzene rings is 1. The number of nitrogens with zero attached hydrogens (tertiary/aromatic N) is 1. The van der Waals surface area contributed by atoms with Gasteiger partial charge in [-0.25, -0.2) is 4.79 Å². The Kier molecular flexibility index (Phi) is 5.35. The van der Waals surface area contributed by atoms with E-state index in [1.807, 2.05) is 0 Å². The standard InChI is InChI=1S/C16H21NO5/c1-3-21-16(18)11(2)22-15-10-13-8-6-4-5-7-12(13)9-14(15)17(19)20/h9-11H,3-8H2,1-2H3/t11-/m0/s1. The molecule has 0 saturated carbocycles. The Morgan fingerprint density at radius 3 is 2.50 bits per heavy atom. The van der Waals surface area contributed by atoms with Crippen LogP contribution in [0.1, 0.15) is 44.2 Å². The zero-order valence-electron chi connectivity index (χ0n) is 13.0. The van der Waals surface area contributed by atoms with Crippen LogP contribution in [-0.2, 0) is 22.4 Å². The number of ether oxygens (including phenoxy) is 2. The summed E-state index contributed by atoms with van der Waals surface area (Å²) in [6, 6.07) is 3.31. The number of hydrogen-bond acceptors (Lipinski definition) is 5. The fourth-order valence-corrected chi connectivity index (χ4v) is 2.66. The van der Waals surface area contributed by atoms with Crippen LogP contribution in [0.25, 0.3) is 0 Å². The Morgan fingerprint density at radius 1 is 1.27 bits per heavy atom. The van der Waals surface area contributed by atoms with Gasteiger partial charge in [-0.2, -0.15) is 0 Å². The van der Waals surface area contributed by atoms with Gasteiger partial charge in [-0.15, -0.1) is 0 Å². The van der Waals surface area contributed by atoms with Crippen molar-refractivity contribution in [2.45, 2.75) is 52.1 Å². The number of carbonyl (C=O) groups excluding carboxylic acids is 1. The van der Waals surface area contributed by atoms with Crippen molar-refractivity contribution in [1.29, 1.82) is 0 Å². The average molecular weight is 307 g/mol. The molecule has 1 atom stereocenters. The van der Waals surface area contributed by atoms with Crippen LogP contribution in [0.15, 0.2) is 12.1 Å². The summed E-state index contributed by atoms with van der Waals surface area (Å²) in [7, 11) is 0. The smallest absolute Gasteiger partial charge is 0.347 e. The second-order valence-corrected chi connectivity index (χ2v) is 5.42. The van der Waals surface area contributed by atoms with Gasteiger partial charge in [0.25, 0.3) is 0 Å². The zero-order chi connectivity index (χ0) is 16.1. The molecule has 1 aromatic rings. The summed E-state index contributed by atoms with van der Waals surface area (Å²) in [5.41, 5.74) is 2.01. The first-order valence-electron chi connectivity index (χ1n) is 7.66. The van der Waals surface area contributed by atoms with E-state index < -0.39 is 17.0 Å². The van der Waals surface area contributed by atoms with E-state index in [0.29, 0.717) is 0 Å². The van der Waals surface area contributed by atoms with Crippen LogP contribution in [0.5, 0.6) is 5.75 Å². The number of esters is 1. The highest BCUT2D eigenvalue weighted by Crippen LogP contribution is 2.34. The number of fused-ring (bicyclic) bond motifs is 1. The average Bonchev–Trinajstić information content (AvgIpc) is 2.71. The van der Waals surface area contributed by atoms with Gasteiger partial charge in [-0.05, 0) is 56.7 Å². The Hall–Kier alpha value is -2.11. The second kappa shape index (κ2) is 7.24. The van der Waals surface area contributed by atoms with Gasteiger partial charge in [0.2, 0.25) is 0 Å². The summed E-state index contributed by atoms with van der Waals surface area (Å²) in [5, 5.41) is 11.3. The molecule has 0 bridgehead atoms. The van der Waals surface area contributed by atoms with Crippen molar-refractivity contribution < 1.29 is 19.2 Å². The third-order valence-electron chi connectivity index (χ3n) is 3.79. The molecule has 0 aliphatic heterocycles. The zero-order valence-corrected chi connectivity index (χ0v) is 13.0. The maximum Gasteiger partial charge on any atom is 0.347 e. The van der Waals surface area contributed by atoms with Crippen LogP contribution in [0.3, 0.4) is 0 Å². The van der Waals surface area contributed by atoms with E-state index in [4.69, 9.17) is 9.47 Å². The van der Waals surface area contributed by atoms with Crippen molar-refractivity contribution in [2.75, 3.05) is 6.61 Å². The van der Waals surface area contributed by atoms with E-state index in [2.05, 4.69) is 0 Å². The highest BCUT2D eigenvalue weighted by molar-refractivity contribution is 5.74. The highest BCUT2D eigenvalue weighted by atomic mass is 16.6. The van der Waals surface area contributed by atoms with Crippen LogP contribution < -0.4 is 4.74 Å². The van der Waals surface area contributed by atoms with E-state index in [1.165, 1.54) is 6.92 Å². The predicted molar refractivity (Wildman–Crippen MR) is 81.1 cm³/mol. The molecule has 0 fully saturated rings. The van der Waals surface area contributed by atoms with Crippen LogP contribution in [-0.4, -0.2) is 23.6 Å². The lowest BCUT2D eigenvalue weighted by atomic mass is 10.0.